The zero-order chi connectivity index (χ0) is 24.4. The summed E-state index contributed by atoms with van der Waals surface area (Å²) in [5.41, 5.74) is 6.44. The number of Topliss-reactive ketones (excluding diaryl/α,β-unsaturated/α-hetero) is 1. The maximum Gasteiger partial charge on any atom is 0.307 e. The number of aromatic nitrogens is 1. The van der Waals surface area contributed by atoms with Crippen LogP contribution in [0.5, 0.6) is 5.75 Å². The van der Waals surface area contributed by atoms with Gasteiger partial charge in [0.25, 0.3) is 0 Å². The number of carbonyl (C=O) groups excluding carboxylic acids is 1. The Morgan fingerprint density at radius 3 is 2.35 bits per heavy atom. The minimum Gasteiger partial charge on any atom is -0.496 e. The van der Waals surface area contributed by atoms with E-state index in [1.54, 1.807) is 21.1 Å². The van der Waals surface area contributed by atoms with Crippen LogP contribution in [-0.2, 0) is 16.1 Å². The fourth-order valence-electron chi connectivity index (χ4n) is 4.83. The molecule has 1 aliphatic heterocycles. The fraction of sp³-hybridized carbons (Fsp3) is 0.333. The molecule has 1 N–H and O–H groups in total. The monoisotopic (exact) mass is 462 g/mol. The van der Waals surface area contributed by atoms with Gasteiger partial charge >= 0.3 is 5.97 Å². The van der Waals surface area contributed by atoms with E-state index in [2.05, 4.69) is 33.7 Å². The quantitative estimate of drug-likeness (QED) is 0.379. The number of rotatable bonds is 8. The third kappa shape index (κ3) is 4.43. The number of hydrogen-bond acceptors (Lipinski definition) is 5. The van der Waals surface area contributed by atoms with E-state index >= 15 is 0 Å². The highest BCUT2D eigenvalue weighted by atomic mass is 16.5. The molecule has 34 heavy (non-hydrogen) atoms. The first-order valence-electron chi connectivity index (χ1n) is 11.3. The van der Waals surface area contributed by atoms with Crippen LogP contribution in [0.2, 0.25) is 0 Å². The number of ketones is 1. The lowest BCUT2D eigenvalue weighted by Crippen LogP contribution is -2.28. The second-order valence-electron chi connectivity index (χ2n) is 8.61. The van der Waals surface area contributed by atoms with Gasteiger partial charge in [0, 0.05) is 53.8 Å². The Morgan fingerprint density at radius 2 is 1.79 bits per heavy atom. The molecule has 0 saturated heterocycles. The highest BCUT2D eigenvalue weighted by Crippen LogP contribution is 2.35. The van der Waals surface area contributed by atoms with Crippen molar-refractivity contribution in [3.05, 3.63) is 64.9 Å². The van der Waals surface area contributed by atoms with E-state index < -0.39 is 5.97 Å². The molecule has 2 aromatic carbocycles. The van der Waals surface area contributed by atoms with Gasteiger partial charge in [0.2, 0.25) is 0 Å². The normalized spacial score (nSPS) is 13.8. The standard InChI is InChI=1S/C27H30N2O5/c1-17-27(18(2)30)23-15-25(34-4)20(16-33-3)14-24(23)29(17)22-7-5-21(6-8-22)28-11-9-19(10-12-28)13-26(31)32/h5-9,14-15H,10-13,16H2,1-4H3,(H,31,32). The second kappa shape index (κ2) is 9.73. The van der Waals surface area contributed by atoms with Gasteiger partial charge in [0.1, 0.15) is 5.75 Å². The number of hydrogen-bond donors (Lipinski definition) is 1. The molecule has 0 aliphatic carbocycles. The molecule has 0 fully saturated rings. The van der Waals surface area contributed by atoms with Crippen molar-refractivity contribution >= 4 is 28.3 Å². The van der Waals surface area contributed by atoms with E-state index in [0.717, 1.165) is 52.1 Å². The van der Waals surface area contributed by atoms with E-state index in [9.17, 15) is 9.59 Å². The number of anilines is 1. The summed E-state index contributed by atoms with van der Waals surface area (Å²) in [5.74, 6) is -0.0731. The Labute approximate surface area is 199 Å². The van der Waals surface area contributed by atoms with Crippen molar-refractivity contribution in [3.63, 3.8) is 0 Å². The minimum absolute atomic E-state index is 0.0108. The van der Waals surface area contributed by atoms with Crippen molar-refractivity contribution in [2.45, 2.75) is 33.3 Å². The van der Waals surface area contributed by atoms with Crippen molar-refractivity contribution in [1.29, 1.82) is 0 Å². The molecule has 0 radical (unpaired) electrons. The summed E-state index contributed by atoms with van der Waals surface area (Å²) in [4.78, 5) is 25.8. The van der Waals surface area contributed by atoms with Crippen molar-refractivity contribution in [3.8, 4) is 11.4 Å². The summed E-state index contributed by atoms with van der Waals surface area (Å²) in [7, 11) is 3.27. The Bertz CT molecular complexity index is 1270. The van der Waals surface area contributed by atoms with Gasteiger partial charge in [0.15, 0.2) is 5.78 Å². The Kier molecular flexibility index (Phi) is 6.75. The molecule has 7 heteroatoms. The van der Waals surface area contributed by atoms with Gasteiger partial charge in [-0.05, 0) is 56.7 Å². The highest BCUT2D eigenvalue weighted by molar-refractivity contribution is 6.09. The van der Waals surface area contributed by atoms with Gasteiger partial charge in [-0.25, -0.2) is 0 Å². The third-order valence-electron chi connectivity index (χ3n) is 6.41. The minimum atomic E-state index is -0.783. The van der Waals surface area contributed by atoms with Gasteiger partial charge in [-0.15, -0.1) is 0 Å². The smallest absolute Gasteiger partial charge is 0.307 e. The fourth-order valence-corrected chi connectivity index (χ4v) is 4.83. The van der Waals surface area contributed by atoms with Crippen molar-refractivity contribution in [1.82, 2.24) is 4.57 Å². The van der Waals surface area contributed by atoms with Crippen LogP contribution in [0.3, 0.4) is 0 Å². The van der Waals surface area contributed by atoms with Gasteiger partial charge < -0.3 is 24.0 Å². The molecule has 1 aliphatic rings. The first-order chi connectivity index (χ1) is 16.3. The zero-order valence-corrected chi connectivity index (χ0v) is 20.1. The molecular formula is C27H30N2O5. The summed E-state index contributed by atoms with van der Waals surface area (Å²) in [5, 5.41) is 9.86. The number of benzene rings is 2. The van der Waals surface area contributed by atoms with Crippen LogP contribution >= 0.6 is 0 Å². The van der Waals surface area contributed by atoms with Crippen LogP contribution in [0.15, 0.2) is 48.0 Å². The lowest BCUT2D eigenvalue weighted by molar-refractivity contribution is -0.136. The molecular weight excluding hydrogens is 432 g/mol. The Hall–Kier alpha value is -3.58. The summed E-state index contributed by atoms with van der Waals surface area (Å²) in [6.45, 7) is 5.45. The molecule has 4 rings (SSSR count). The molecule has 178 valence electrons. The molecule has 7 nitrogen and oxygen atoms in total. The van der Waals surface area contributed by atoms with Gasteiger partial charge in [-0.1, -0.05) is 11.6 Å². The average Bonchev–Trinajstić information content (AvgIpc) is 3.10. The summed E-state index contributed by atoms with van der Waals surface area (Å²) < 4.78 is 13.0. The van der Waals surface area contributed by atoms with Gasteiger partial charge in [0.05, 0.1) is 25.7 Å². The van der Waals surface area contributed by atoms with E-state index in [4.69, 9.17) is 14.6 Å². The van der Waals surface area contributed by atoms with Crippen molar-refractivity contribution in [2.24, 2.45) is 0 Å². The maximum absolute atomic E-state index is 12.6. The Morgan fingerprint density at radius 1 is 1.09 bits per heavy atom. The van der Waals surface area contributed by atoms with E-state index in [1.165, 1.54) is 0 Å². The molecule has 0 bridgehead atoms. The first-order valence-corrected chi connectivity index (χ1v) is 11.3. The molecule has 0 unspecified atom stereocenters. The number of fused-ring (bicyclic) bond motifs is 1. The number of carboxylic acid groups (broad SMARTS) is 1. The van der Waals surface area contributed by atoms with Crippen molar-refractivity contribution < 1.29 is 24.2 Å². The SMILES string of the molecule is COCc1cc2c(cc1OC)c(C(C)=O)c(C)n2-c1ccc(N2CC=C(CC(=O)O)CC2)cc1. The van der Waals surface area contributed by atoms with Gasteiger partial charge in [-0.3, -0.25) is 9.59 Å². The molecule has 1 aromatic heterocycles. The maximum atomic E-state index is 12.6. The van der Waals surface area contributed by atoms with Crippen LogP contribution in [-0.4, -0.2) is 48.7 Å². The molecule has 0 amide bonds. The van der Waals surface area contributed by atoms with Crippen LogP contribution in [0.4, 0.5) is 5.69 Å². The average molecular weight is 463 g/mol. The number of ether oxygens (including phenoxy) is 2. The van der Waals surface area contributed by atoms with Gasteiger partial charge in [-0.2, -0.15) is 0 Å². The summed E-state index contributed by atoms with van der Waals surface area (Å²) in [6, 6.07) is 12.2. The molecule has 3 aromatic rings. The predicted octanol–water partition coefficient (Wildman–Crippen LogP) is 4.91. The second-order valence-corrected chi connectivity index (χ2v) is 8.61. The third-order valence-corrected chi connectivity index (χ3v) is 6.41. The summed E-state index contributed by atoms with van der Waals surface area (Å²) in [6.07, 6.45) is 2.88. The van der Waals surface area contributed by atoms with Crippen LogP contribution in [0.1, 0.15) is 41.4 Å². The van der Waals surface area contributed by atoms with Crippen LogP contribution < -0.4 is 9.64 Å². The topological polar surface area (TPSA) is 81.0 Å². The lowest BCUT2D eigenvalue weighted by atomic mass is 10.0. The number of methoxy groups -OCH3 is 2. The molecule has 0 atom stereocenters. The largest absolute Gasteiger partial charge is 0.496 e. The number of nitrogens with zero attached hydrogens (tertiary/aromatic N) is 2. The first kappa shape index (κ1) is 23.6. The zero-order valence-electron chi connectivity index (χ0n) is 20.1. The predicted molar refractivity (Wildman–Crippen MR) is 132 cm³/mol. The number of carboxylic acids is 1. The highest BCUT2D eigenvalue weighted by Gasteiger charge is 2.21. The Balaban J connectivity index is 1.73. The summed E-state index contributed by atoms with van der Waals surface area (Å²) >= 11 is 0. The van der Waals surface area contributed by atoms with Crippen LogP contribution in [0.25, 0.3) is 16.6 Å². The van der Waals surface area contributed by atoms with E-state index in [0.29, 0.717) is 24.5 Å². The molecule has 2 heterocycles. The van der Waals surface area contributed by atoms with Crippen LogP contribution in [0, 0.1) is 6.92 Å². The van der Waals surface area contributed by atoms with E-state index in [-0.39, 0.29) is 12.2 Å². The molecule has 0 spiro atoms. The number of aliphatic carboxylic acids is 1. The molecule has 0 saturated carbocycles. The lowest BCUT2D eigenvalue weighted by Gasteiger charge is -2.28. The number of carbonyl (C=O) groups is 2. The van der Waals surface area contributed by atoms with E-state index in [1.807, 2.05) is 25.1 Å². The van der Waals surface area contributed by atoms with Crippen molar-refractivity contribution in [2.75, 3.05) is 32.2 Å².